The molecule has 2 saturated heterocycles. The molecule has 0 bridgehead atoms. The molecule has 0 amide bonds. The van der Waals surface area contributed by atoms with Crippen LogP contribution in [0, 0.1) is 11.8 Å². The monoisotopic (exact) mass is 522 g/mol. The van der Waals surface area contributed by atoms with E-state index in [1.54, 1.807) is 0 Å². The summed E-state index contributed by atoms with van der Waals surface area (Å²) in [4.78, 5) is 5.32. The first-order valence-corrected chi connectivity index (χ1v) is 14.7. The fourth-order valence-corrected chi connectivity index (χ4v) is 7.09. The highest BCUT2D eigenvalue weighted by atomic mass is 35.5. The van der Waals surface area contributed by atoms with Crippen LogP contribution in [0.1, 0.15) is 62.5 Å². The van der Waals surface area contributed by atoms with Gasteiger partial charge in [-0.1, -0.05) is 49.0 Å². The zero-order chi connectivity index (χ0) is 23.9. The smallest absolute Gasteiger partial charge is 0.0574 e. The van der Waals surface area contributed by atoms with Gasteiger partial charge in [0, 0.05) is 49.3 Å². The molecule has 3 heterocycles. The minimum atomic E-state index is 0.447. The third-order valence-corrected chi connectivity index (χ3v) is 9.19. The number of unbranched alkanes of at least 4 members (excludes halogenated alkanes) is 1. The Hall–Kier alpha value is -0.620. The van der Waals surface area contributed by atoms with Crippen LogP contribution < -0.4 is 0 Å². The Labute approximate surface area is 220 Å². The Balaban J connectivity index is 1.33. The van der Waals surface area contributed by atoms with E-state index in [4.69, 9.17) is 27.9 Å². The second-order valence-corrected chi connectivity index (χ2v) is 12.0. The van der Waals surface area contributed by atoms with Crippen molar-refractivity contribution in [3.8, 4) is 0 Å². The molecule has 6 heteroatoms. The predicted molar refractivity (Wildman–Crippen MR) is 146 cm³/mol. The highest BCUT2D eigenvalue weighted by molar-refractivity contribution is 7.08. The van der Waals surface area contributed by atoms with Crippen molar-refractivity contribution in [3.05, 3.63) is 56.2 Å². The Kier molecular flexibility index (Phi) is 10.2. The first kappa shape index (κ1) is 26.4. The fourth-order valence-electron chi connectivity index (χ4n) is 5.90. The minimum Gasteiger partial charge on any atom is -0.381 e. The van der Waals surface area contributed by atoms with Gasteiger partial charge in [0.1, 0.15) is 0 Å². The van der Waals surface area contributed by atoms with Crippen molar-refractivity contribution in [2.75, 3.05) is 39.8 Å². The molecule has 0 spiro atoms. The molecule has 2 aliphatic rings. The Bertz CT molecular complexity index is 869. The third kappa shape index (κ3) is 7.21. The summed E-state index contributed by atoms with van der Waals surface area (Å²) in [5, 5.41) is 6.05. The van der Waals surface area contributed by atoms with Crippen LogP contribution in [0.25, 0.3) is 0 Å². The SMILES string of the molecule is CCCCC(CC1CCN(C[C@H]2CN(Cc3ccc(Cl)cc3Cl)C[C@@H]2c2ccsc2)CC1)OC. The number of benzene rings is 1. The van der Waals surface area contributed by atoms with Gasteiger partial charge in [-0.25, -0.2) is 0 Å². The summed E-state index contributed by atoms with van der Waals surface area (Å²) < 4.78 is 5.79. The second kappa shape index (κ2) is 13.1. The van der Waals surface area contributed by atoms with E-state index in [1.165, 1.54) is 69.3 Å². The molecule has 3 nitrogen and oxygen atoms in total. The summed E-state index contributed by atoms with van der Waals surface area (Å²) in [6.45, 7) is 9.04. The molecule has 0 N–H and O–H groups in total. The van der Waals surface area contributed by atoms with Crippen LogP contribution in [0.2, 0.25) is 10.0 Å². The predicted octanol–water partition coefficient (Wildman–Crippen LogP) is 7.58. The van der Waals surface area contributed by atoms with Crippen molar-refractivity contribution in [2.24, 2.45) is 11.8 Å². The summed E-state index contributed by atoms with van der Waals surface area (Å²) in [5.74, 6) is 2.08. The molecule has 1 aromatic heterocycles. The molecule has 2 aliphatic heterocycles. The number of piperidine rings is 1. The molecule has 0 radical (unpaired) electrons. The lowest BCUT2D eigenvalue weighted by molar-refractivity contribution is 0.0549. The standard InChI is InChI=1S/C28H40Cl2N2OS/c1-3-4-5-26(33-2)14-21-8-11-31(12-9-21)17-24-18-32(19-27(24)23-10-13-34-20-23)16-22-6-7-25(29)15-28(22)30/h6-7,10,13,15,20-21,24,26-27H,3-5,8-9,11-12,14,16-19H2,1-2H3/t24-,26?,27+/m0/s1. The van der Waals surface area contributed by atoms with Crippen molar-refractivity contribution < 1.29 is 4.74 Å². The van der Waals surface area contributed by atoms with E-state index in [0.717, 1.165) is 30.6 Å². The maximum Gasteiger partial charge on any atom is 0.0574 e. The van der Waals surface area contributed by atoms with E-state index < -0.39 is 0 Å². The maximum absolute atomic E-state index is 6.50. The molecular weight excluding hydrogens is 483 g/mol. The third-order valence-electron chi connectivity index (χ3n) is 7.91. The average Bonchev–Trinajstić information content (AvgIpc) is 3.50. The average molecular weight is 524 g/mol. The van der Waals surface area contributed by atoms with E-state index >= 15 is 0 Å². The second-order valence-electron chi connectivity index (χ2n) is 10.3. The van der Waals surface area contributed by atoms with Crippen LogP contribution in [0.5, 0.6) is 0 Å². The summed E-state index contributed by atoms with van der Waals surface area (Å²) >= 11 is 14.4. The molecule has 4 rings (SSSR count). The summed E-state index contributed by atoms with van der Waals surface area (Å²) in [6, 6.07) is 8.22. The molecular formula is C28H40Cl2N2OS. The lowest BCUT2D eigenvalue weighted by atomic mass is 9.87. The number of hydrogen-bond acceptors (Lipinski definition) is 4. The van der Waals surface area contributed by atoms with Gasteiger partial charge in [0.2, 0.25) is 0 Å². The van der Waals surface area contributed by atoms with Crippen LogP contribution in [0.4, 0.5) is 0 Å². The summed E-state index contributed by atoms with van der Waals surface area (Å²) in [7, 11) is 1.89. The van der Waals surface area contributed by atoms with Gasteiger partial charge in [0.15, 0.2) is 0 Å². The number of halogens is 2. The molecule has 1 unspecified atom stereocenters. The zero-order valence-corrected chi connectivity index (χ0v) is 23.1. The van der Waals surface area contributed by atoms with Crippen molar-refractivity contribution in [1.29, 1.82) is 0 Å². The molecule has 2 fully saturated rings. The number of ether oxygens (including phenoxy) is 1. The van der Waals surface area contributed by atoms with Gasteiger partial charge in [0.05, 0.1) is 6.10 Å². The highest BCUT2D eigenvalue weighted by Crippen LogP contribution is 2.37. The summed E-state index contributed by atoms with van der Waals surface area (Å²) in [6.07, 6.45) is 8.05. The van der Waals surface area contributed by atoms with Crippen molar-refractivity contribution >= 4 is 34.5 Å². The molecule has 0 aliphatic carbocycles. The van der Waals surface area contributed by atoms with Gasteiger partial charge in [0.25, 0.3) is 0 Å². The van der Waals surface area contributed by atoms with Crippen LogP contribution >= 0.6 is 34.5 Å². The van der Waals surface area contributed by atoms with Gasteiger partial charge >= 0.3 is 0 Å². The maximum atomic E-state index is 6.50. The Morgan fingerprint density at radius 3 is 2.62 bits per heavy atom. The molecule has 1 aromatic carbocycles. The Morgan fingerprint density at radius 2 is 1.94 bits per heavy atom. The van der Waals surface area contributed by atoms with Gasteiger partial charge in [-0.3, -0.25) is 4.90 Å². The van der Waals surface area contributed by atoms with Gasteiger partial charge in [-0.05, 0) is 90.7 Å². The number of hydrogen-bond donors (Lipinski definition) is 0. The number of methoxy groups -OCH3 is 1. The summed E-state index contributed by atoms with van der Waals surface area (Å²) in [5.41, 5.74) is 2.68. The molecule has 0 saturated carbocycles. The lowest BCUT2D eigenvalue weighted by Crippen LogP contribution is -2.39. The largest absolute Gasteiger partial charge is 0.381 e. The number of thiophene rings is 1. The molecule has 188 valence electrons. The molecule has 34 heavy (non-hydrogen) atoms. The quantitative estimate of drug-likeness (QED) is 0.302. The van der Waals surface area contributed by atoms with Gasteiger partial charge in [-0.15, -0.1) is 0 Å². The fraction of sp³-hybridized carbons (Fsp3) is 0.643. The van der Waals surface area contributed by atoms with Crippen molar-refractivity contribution in [3.63, 3.8) is 0 Å². The van der Waals surface area contributed by atoms with E-state index in [-0.39, 0.29) is 0 Å². The minimum absolute atomic E-state index is 0.447. The molecule has 2 aromatic rings. The van der Waals surface area contributed by atoms with E-state index in [1.807, 2.05) is 30.6 Å². The van der Waals surface area contributed by atoms with E-state index in [9.17, 15) is 0 Å². The number of nitrogens with zero attached hydrogens (tertiary/aromatic N) is 2. The van der Waals surface area contributed by atoms with E-state index in [2.05, 4.69) is 39.6 Å². The lowest BCUT2D eigenvalue weighted by Gasteiger charge is -2.35. The zero-order valence-electron chi connectivity index (χ0n) is 20.7. The number of likely N-dealkylation sites (tertiary alicyclic amines) is 2. The first-order valence-electron chi connectivity index (χ1n) is 13.0. The number of rotatable bonds is 11. The van der Waals surface area contributed by atoms with Crippen LogP contribution in [0.3, 0.4) is 0 Å². The topological polar surface area (TPSA) is 15.7 Å². The van der Waals surface area contributed by atoms with Crippen molar-refractivity contribution in [1.82, 2.24) is 9.80 Å². The van der Waals surface area contributed by atoms with Crippen molar-refractivity contribution in [2.45, 2.75) is 64.0 Å². The van der Waals surface area contributed by atoms with Crippen LogP contribution in [-0.4, -0.2) is 55.7 Å². The molecule has 3 atom stereocenters. The van der Waals surface area contributed by atoms with E-state index in [0.29, 0.717) is 23.0 Å². The van der Waals surface area contributed by atoms with Crippen LogP contribution in [0.15, 0.2) is 35.0 Å². The van der Waals surface area contributed by atoms with Gasteiger partial charge < -0.3 is 9.64 Å². The normalized spacial score (nSPS) is 23.5. The first-order chi connectivity index (χ1) is 16.6. The van der Waals surface area contributed by atoms with Crippen LogP contribution in [-0.2, 0) is 11.3 Å². The van der Waals surface area contributed by atoms with Gasteiger partial charge in [-0.2, -0.15) is 11.3 Å². The highest BCUT2D eigenvalue weighted by Gasteiger charge is 2.36. The Morgan fingerprint density at radius 1 is 1.12 bits per heavy atom.